The lowest BCUT2D eigenvalue weighted by Crippen LogP contribution is -1.99. The first-order chi connectivity index (χ1) is 10.1. The van der Waals surface area contributed by atoms with Gasteiger partial charge in [0, 0.05) is 5.39 Å². The fourth-order valence-corrected chi connectivity index (χ4v) is 2.78. The highest BCUT2D eigenvalue weighted by atomic mass is 35.5. The van der Waals surface area contributed by atoms with E-state index < -0.39 is 0 Å². The van der Waals surface area contributed by atoms with Crippen LogP contribution in [0.15, 0.2) is 47.6 Å². The first kappa shape index (κ1) is 13.9. The van der Waals surface area contributed by atoms with Crippen molar-refractivity contribution in [2.75, 3.05) is 0 Å². The molecule has 1 aromatic heterocycles. The number of halogens is 2. The van der Waals surface area contributed by atoms with Crippen LogP contribution in [-0.4, -0.2) is 9.67 Å². The molecular formula is C15H10Cl2N2O2. The van der Waals surface area contributed by atoms with E-state index in [4.69, 9.17) is 23.2 Å². The van der Waals surface area contributed by atoms with Gasteiger partial charge in [-0.05, 0) is 22.9 Å². The van der Waals surface area contributed by atoms with Gasteiger partial charge in [-0.15, -0.1) is 4.91 Å². The molecule has 3 rings (SSSR count). The predicted octanol–water partition coefficient (Wildman–Crippen LogP) is 5.10. The minimum absolute atomic E-state index is 0.0282. The van der Waals surface area contributed by atoms with Gasteiger partial charge in [0.25, 0.3) is 0 Å². The van der Waals surface area contributed by atoms with Gasteiger partial charge in [0.15, 0.2) is 5.69 Å². The molecule has 106 valence electrons. The van der Waals surface area contributed by atoms with E-state index in [1.165, 1.54) is 4.57 Å². The maximum absolute atomic E-state index is 11.0. The quantitative estimate of drug-likeness (QED) is 0.682. The summed E-state index contributed by atoms with van der Waals surface area (Å²) in [5.74, 6) is -0.215. The van der Waals surface area contributed by atoms with Crippen molar-refractivity contribution in [1.82, 2.24) is 4.57 Å². The Hall–Kier alpha value is -2.04. The van der Waals surface area contributed by atoms with Gasteiger partial charge in [-0.25, -0.2) is 0 Å². The third-order valence-corrected chi connectivity index (χ3v) is 4.13. The maximum atomic E-state index is 11.0. The van der Waals surface area contributed by atoms with Gasteiger partial charge in [-0.1, -0.05) is 53.5 Å². The van der Waals surface area contributed by atoms with Crippen LogP contribution >= 0.6 is 23.2 Å². The molecule has 21 heavy (non-hydrogen) atoms. The lowest BCUT2D eigenvalue weighted by molar-refractivity contribution is 0.430. The minimum atomic E-state index is -0.215. The second kappa shape index (κ2) is 5.39. The van der Waals surface area contributed by atoms with E-state index in [0.29, 0.717) is 22.5 Å². The second-order valence-corrected chi connectivity index (χ2v) is 5.38. The molecule has 0 saturated heterocycles. The van der Waals surface area contributed by atoms with E-state index in [1.807, 2.05) is 30.3 Å². The van der Waals surface area contributed by atoms with Crippen molar-refractivity contribution >= 4 is 39.8 Å². The number of benzene rings is 2. The Kier molecular flexibility index (Phi) is 3.57. The highest BCUT2D eigenvalue weighted by Crippen LogP contribution is 2.43. The fraction of sp³-hybridized carbons (Fsp3) is 0.0667. The molecular weight excluding hydrogens is 311 g/mol. The summed E-state index contributed by atoms with van der Waals surface area (Å²) < 4.78 is 1.54. The molecule has 0 fully saturated rings. The normalized spacial score (nSPS) is 11.0. The maximum Gasteiger partial charge on any atom is 0.222 e. The van der Waals surface area contributed by atoms with Gasteiger partial charge in [0.05, 0.1) is 22.1 Å². The van der Waals surface area contributed by atoms with Crippen LogP contribution < -0.4 is 0 Å². The Morgan fingerprint density at radius 2 is 1.81 bits per heavy atom. The first-order valence-electron chi connectivity index (χ1n) is 6.20. The van der Waals surface area contributed by atoms with E-state index >= 15 is 0 Å². The zero-order valence-electron chi connectivity index (χ0n) is 10.8. The Bertz CT molecular complexity index is 829. The average Bonchev–Trinajstić information content (AvgIpc) is 2.77. The largest absolute Gasteiger partial charge is 0.493 e. The highest BCUT2D eigenvalue weighted by Gasteiger charge is 2.21. The van der Waals surface area contributed by atoms with Crippen molar-refractivity contribution in [2.24, 2.45) is 5.18 Å². The molecule has 0 atom stereocenters. The molecule has 0 aliphatic rings. The van der Waals surface area contributed by atoms with Crippen LogP contribution in [0.4, 0.5) is 5.69 Å². The molecule has 0 saturated carbocycles. The van der Waals surface area contributed by atoms with Crippen molar-refractivity contribution in [3.8, 4) is 5.88 Å². The summed E-state index contributed by atoms with van der Waals surface area (Å²) >= 11 is 12.3. The van der Waals surface area contributed by atoms with Crippen LogP contribution in [0.3, 0.4) is 0 Å². The molecule has 0 amide bonds. The molecule has 2 aromatic carbocycles. The minimum Gasteiger partial charge on any atom is -0.493 e. The van der Waals surface area contributed by atoms with Crippen molar-refractivity contribution in [1.29, 1.82) is 0 Å². The van der Waals surface area contributed by atoms with Gasteiger partial charge < -0.3 is 9.67 Å². The number of aromatic nitrogens is 1. The van der Waals surface area contributed by atoms with Gasteiger partial charge in [0.2, 0.25) is 5.88 Å². The molecule has 6 heteroatoms. The second-order valence-electron chi connectivity index (χ2n) is 4.59. The fourth-order valence-electron chi connectivity index (χ4n) is 2.36. The van der Waals surface area contributed by atoms with Crippen molar-refractivity contribution in [3.05, 3.63) is 63.0 Å². The van der Waals surface area contributed by atoms with E-state index in [1.54, 1.807) is 12.1 Å². The molecule has 4 nitrogen and oxygen atoms in total. The van der Waals surface area contributed by atoms with E-state index in [2.05, 4.69) is 5.18 Å². The summed E-state index contributed by atoms with van der Waals surface area (Å²) in [5.41, 5.74) is 1.43. The van der Waals surface area contributed by atoms with Crippen LogP contribution in [0.5, 0.6) is 5.88 Å². The molecule has 0 aliphatic heterocycles. The highest BCUT2D eigenvalue weighted by molar-refractivity contribution is 6.45. The Balaban J connectivity index is 2.28. The van der Waals surface area contributed by atoms with Gasteiger partial charge in [0.1, 0.15) is 0 Å². The summed E-state index contributed by atoms with van der Waals surface area (Å²) in [7, 11) is 0. The summed E-state index contributed by atoms with van der Waals surface area (Å²) in [4.78, 5) is 11.0. The monoisotopic (exact) mass is 320 g/mol. The number of hydrogen-bond acceptors (Lipinski definition) is 3. The summed E-state index contributed by atoms with van der Waals surface area (Å²) in [6.45, 7) is 0.360. The Labute approximate surface area is 130 Å². The van der Waals surface area contributed by atoms with Crippen molar-refractivity contribution in [2.45, 2.75) is 6.54 Å². The SMILES string of the molecule is O=Nc1c(O)n(Cc2ccccc2)c2c(Cl)c(Cl)ccc12. The van der Waals surface area contributed by atoms with Gasteiger partial charge >= 0.3 is 0 Å². The van der Waals surface area contributed by atoms with E-state index in [9.17, 15) is 10.0 Å². The smallest absolute Gasteiger partial charge is 0.222 e. The zero-order chi connectivity index (χ0) is 15.0. The lowest BCUT2D eigenvalue weighted by Gasteiger charge is -2.08. The molecule has 0 unspecified atom stereocenters. The Morgan fingerprint density at radius 1 is 1.10 bits per heavy atom. The first-order valence-corrected chi connectivity index (χ1v) is 6.95. The van der Waals surface area contributed by atoms with Crippen LogP contribution in [0.1, 0.15) is 5.56 Å². The topological polar surface area (TPSA) is 54.6 Å². The van der Waals surface area contributed by atoms with Crippen LogP contribution in [0.25, 0.3) is 10.9 Å². The summed E-state index contributed by atoms with van der Waals surface area (Å²) in [6, 6.07) is 12.7. The number of nitroso groups, excluding NO2 is 1. The molecule has 1 N–H and O–H groups in total. The summed E-state index contributed by atoms with van der Waals surface area (Å²) in [5, 5.41) is 14.3. The van der Waals surface area contributed by atoms with Gasteiger partial charge in [-0.3, -0.25) is 0 Å². The van der Waals surface area contributed by atoms with Gasteiger partial charge in [-0.2, -0.15) is 0 Å². The van der Waals surface area contributed by atoms with Crippen LogP contribution in [0, 0.1) is 4.91 Å². The summed E-state index contributed by atoms with van der Waals surface area (Å²) in [6.07, 6.45) is 0. The molecule has 0 aliphatic carbocycles. The van der Waals surface area contributed by atoms with Crippen LogP contribution in [0.2, 0.25) is 10.0 Å². The molecule has 1 heterocycles. The Morgan fingerprint density at radius 3 is 2.48 bits per heavy atom. The zero-order valence-corrected chi connectivity index (χ0v) is 12.3. The molecule has 0 spiro atoms. The van der Waals surface area contributed by atoms with E-state index in [-0.39, 0.29) is 16.6 Å². The van der Waals surface area contributed by atoms with Crippen LogP contribution in [-0.2, 0) is 6.54 Å². The standard InChI is InChI=1S/C15H10Cl2N2O2/c16-11-7-6-10-13(18-21)15(20)19(14(10)12(11)17)8-9-4-2-1-3-5-9/h1-7,20H,8H2. The number of aromatic hydroxyl groups is 1. The number of fused-ring (bicyclic) bond motifs is 1. The van der Waals surface area contributed by atoms with Crippen molar-refractivity contribution < 1.29 is 5.11 Å². The average molecular weight is 321 g/mol. The molecule has 3 aromatic rings. The van der Waals surface area contributed by atoms with E-state index in [0.717, 1.165) is 5.56 Å². The number of nitrogens with zero attached hydrogens (tertiary/aromatic N) is 2. The lowest BCUT2D eigenvalue weighted by atomic mass is 10.2. The molecule has 0 radical (unpaired) electrons. The number of rotatable bonds is 3. The number of hydrogen-bond donors (Lipinski definition) is 1. The third kappa shape index (κ3) is 2.26. The predicted molar refractivity (Wildman–Crippen MR) is 84.6 cm³/mol. The molecule has 0 bridgehead atoms. The third-order valence-electron chi connectivity index (χ3n) is 3.34. The van der Waals surface area contributed by atoms with Crippen molar-refractivity contribution in [3.63, 3.8) is 0 Å².